The van der Waals surface area contributed by atoms with Crippen molar-refractivity contribution >= 4 is 7.82 Å². The number of rotatable bonds is 16. The van der Waals surface area contributed by atoms with E-state index in [0.717, 1.165) is 13.0 Å². The Morgan fingerprint density at radius 1 is 0.714 bits per heavy atom. The Morgan fingerprint density at radius 2 is 1.19 bits per heavy atom. The van der Waals surface area contributed by atoms with Crippen LogP contribution in [0.3, 0.4) is 0 Å². The van der Waals surface area contributed by atoms with Gasteiger partial charge in [-0.25, -0.2) is 4.57 Å². The molecule has 0 heterocycles. The molecule has 0 amide bonds. The zero-order chi connectivity index (χ0) is 15.8. The highest BCUT2D eigenvalue weighted by molar-refractivity contribution is 7.46. The smallest absolute Gasteiger partial charge is 0.379 e. The van der Waals surface area contributed by atoms with E-state index >= 15 is 0 Å². The summed E-state index contributed by atoms with van der Waals surface area (Å²) in [6.45, 7) is 3.95. The van der Waals surface area contributed by atoms with Crippen LogP contribution in [0.1, 0.15) is 58.3 Å². The Morgan fingerprint density at radius 3 is 1.76 bits per heavy atom. The normalized spacial score (nSPS) is 12.0. The third kappa shape index (κ3) is 20.0. The number of ether oxygens (including phenoxy) is 2. The maximum atomic E-state index is 10.4. The van der Waals surface area contributed by atoms with Gasteiger partial charge in [-0.05, 0) is 6.42 Å². The zero-order valence-electron chi connectivity index (χ0n) is 13.2. The highest BCUT2D eigenvalue weighted by Crippen LogP contribution is 2.35. The summed E-state index contributed by atoms with van der Waals surface area (Å²) in [5.41, 5.74) is 0. The molecule has 0 aliphatic rings. The minimum Gasteiger partial charge on any atom is -0.379 e. The fraction of sp³-hybridized carbons (Fsp3) is 1.00. The lowest BCUT2D eigenvalue weighted by molar-refractivity contribution is 0.0312. The van der Waals surface area contributed by atoms with Crippen LogP contribution in [0.2, 0.25) is 0 Å². The van der Waals surface area contributed by atoms with E-state index in [4.69, 9.17) is 19.3 Å². The molecule has 0 aromatic carbocycles. The van der Waals surface area contributed by atoms with Gasteiger partial charge >= 0.3 is 7.82 Å². The van der Waals surface area contributed by atoms with Gasteiger partial charge < -0.3 is 19.3 Å². The van der Waals surface area contributed by atoms with Crippen molar-refractivity contribution in [1.29, 1.82) is 0 Å². The molecule has 6 nitrogen and oxygen atoms in total. The molecule has 0 bridgehead atoms. The summed E-state index contributed by atoms with van der Waals surface area (Å²) in [5, 5.41) is 0. The van der Waals surface area contributed by atoms with E-state index in [0.29, 0.717) is 13.2 Å². The molecule has 0 rings (SSSR count). The van der Waals surface area contributed by atoms with E-state index < -0.39 is 7.82 Å². The van der Waals surface area contributed by atoms with Gasteiger partial charge in [-0.1, -0.05) is 51.9 Å². The SMILES string of the molecule is CCCCCCCCCCOCCOCCOP(=O)(O)O. The largest absolute Gasteiger partial charge is 0.469 e. The lowest BCUT2D eigenvalue weighted by atomic mass is 10.1. The average molecular weight is 326 g/mol. The highest BCUT2D eigenvalue weighted by Gasteiger charge is 2.12. The first-order valence-electron chi connectivity index (χ1n) is 7.92. The molecule has 0 radical (unpaired) electrons. The summed E-state index contributed by atoms with van der Waals surface area (Å²) >= 11 is 0. The van der Waals surface area contributed by atoms with Crippen LogP contribution in [-0.4, -0.2) is 42.8 Å². The number of phosphoric acid groups is 1. The number of unbranched alkanes of at least 4 members (excludes halogenated alkanes) is 7. The zero-order valence-corrected chi connectivity index (χ0v) is 14.1. The summed E-state index contributed by atoms with van der Waals surface area (Å²) in [6, 6.07) is 0. The first kappa shape index (κ1) is 21.0. The van der Waals surface area contributed by atoms with Crippen LogP contribution in [0.5, 0.6) is 0 Å². The number of hydrogen-bond donors (Lipinski definition) is 2. The van der Waals surface area contributed by atoms with E-state index in [-0.39, 0.29) is 13.2 Å². The molecule has 7 heteroatoms. The molecule has 0 aromatic heterocycles. The molecule has 0 fully saturated rings. The molecule has 0 saturated carbocycles. The van der Waals surface area contributed by atoms with Gasteiger partial charge in [0.05, 0.1) is 26.4 Å². The second-order valence-corrected chi connectivity index (χ2v) is 6.26. The Hall–Kier alpha value is 0.0300. The molecule has 0 atom stereocenters. The molecule has 21 heavy (non-hydrogen) atoms. The third-order valence-electron chi connectivity index (χ3n) is 3.00. The summed E-state index contributed by atoms with van der Waals surface area (Å²) < 4.78 is 25.1. The molecule has 0 aromatic rings. The van der Waals surface area contributed by atoms with E-state index in [2.05, 4.69) is 11.4 Å². The molecule has 128 valence electrons. The maximum absolute atomic E-state index is 10.4. The summed E-state index contributed by atoms with van der Waals surface area (Å²) in [6.07, 6.45) is 10.2. The molecule has 0 saturated heterocycles. The fourth-order valence-electron chi connectivity index (χ4n) is 1.88. The van der Waals surface area contributed by atoms with Gasteiger partial charge in [0.25, 0.3) is 0 Å². The van der Waals surface area contributed by atoms with Gasteiger partial charge in [0.2, 0.25) is 0 Å². The van der Waals surface area contributed by atoms with Gasteiger partial charge in [0, 0.05) is 6.61 Å². The van der Waals surface area contributed by atoms with Crippen LogP contribution in [0.4, 0.5) is 0 Å². The fourth-order valence-corrected chi connectivity index (χ4v) is 2.19. The molecule has 0 aliphatic heterocycles. The van der Waals surface area contributed by atoms with Crippen LogP contribution < -0.4 is 0 Å². The van der Waals surface area contributed by atoms with Crippen molar-refractivity contribution in [3.63, 3.8) is 0 Å². The van der Waals surface area contributed by atoms with Crippen molar-refractivity contribution in [1.82, 2.24) is 0 Å². The number of phosphoric ester groups is 1. The average Bonchev–Trinajstić information content (AvgIpc) is 2.42. The van der Waals surface area contributed by atoms with Crippen molar-refractivity contribution in [2.75, 3.05) is 33.0 Å². The van der Waals surface area contributed by atoms with E-state index in [1.807, 2.05) is 0 Å². The topological polar surface area (TPSA) is 85.2 Å². The van der Waals surface area contributed by atoms with Gasteiger partial charge in [-0.3, -0.25) is 4.52 Å². The summed E-state index contributed by atoms with van der Waals surface area (Å²) in [7, 11) is -4.36. The minimum absolute atomic E-state index is 0.109. The Bertz CT molecular complexity index is 256. The van der Waals surface area contributed by atoms with Crippen molar-refractivity contribution in [3.05, 3.63) is 0 Å². The monoisotopic (exact) mass is 326 g/mol. The van der Waals surface area contributed by atoms with E-state index in [1.54, 1.807) is 0 Å². The van der Waals surface area contributed by atoms with Gasteiger partial charge in [-0.15, -0.1) is 0 Å². The van der Waals surface area contributed by atoms with Gasteiger partial charge in [-0.2, -0.15) is 0 Å². The van der Waals surface area contributed by atoms with Crippen LogP contribution in [-0.2, 0) is 18.6 Å². The third-order valence-corrected chi connectivity index (χ3v) is 3.52. The lowest BCUT2D eigenvalue weighted by Gasteiger charge is -2.07. The molecule has 0 unspecified atom stereocenters. The molecule has 0 spiro atoms. The second kappa shape index (κ2) is 14.9. The number of hydrogen-bond acceptors (Lipinski definition) is 4. The van der Waals surface area contributed by atoms with Crippen molar-refractivity contribution in [2.24, 2.45) is 0 Å². The van der Waals surface area contributed by atoms with Crippen molar-refractivity contribution in [2.45, 2.75) is 58.3 Å². The second-order valence-electron chi connectivity index (χ2n) is 5.02. The standard InChI is InChI=1S/C14H31O6P/c1-2-3-4-5-6-7-8-9-10-18-11-12-19-13-14-20-21(15,16)17/h2-14H2,1H3,(H2,15,16,17). The lowest BCUT2D eigenvalue weighted by Crippen LogP contribution is -2.09. The minimum atomic E-state index is -4.36. The van der Waals surface area contributed by atoms with Gasteiger partial charge in [0.1, 0.15) is 0 Å². The molecular formula is C14H31O6P. The van der Waals surface area contributed by atoms with Crippen molar-refractivity contribution in [3.8, 4) is 0 Å². The molecule has 2 N–H and O–H groups in total. The predicted molar refractivity (Wildman–Crippen MR) is 82.2 cm³/mol. The highest BCUT2D eigenvalue weighted by atomic mass is 31.2. The van der Waals surface area contributed by atoms with Crippen molar-refractivity contribution < 1.29 is 28.3 Å². The van der Waals surface area contributed by atoms with Crippen LogP contribution in [0.15, 0.2) is 0 Å². The van der Waals surface area contributed by atoms with E-state index in [9.17, 15) is 4.57 Å². The summed E-state index contributed by atoms with van der Waals surface area (Å²) in [4.78, 5) is 16.9. The molecular weight excluding hydrogens is 295 g/mol. The van der Waals surface area contributed by atoms with Gasteiger partial charge in [0.15, 0.2) is 0 Å². The Labute approximate surface area is 128 Å². The molecule has 0 aliphatic carbocycles. The van der Waals surface area contributed by atoms with Crippen LogP contribution in [0, 0.1) is 0 Å². The first-order valence-corrected chi connectivity index (χ1v) is 9.45. The Kier molecular flexibility index (Phi) is 15.0. The Balaban J connectivity index is 3.01. The van der Waals surface area contributed by atoms with Crippen LogP contribution in [0.25, 0.3) is 0 Å². The first-order chi connectivity index (χ1) is 10.1. The maximum Gasteiger partial charge on any atom is 0.469 e. The quantitative estimate of drug-likeness (QED) is 0.334. The van der Waals surface area contributed by atoms with Crippen LogP contribution >= 0.6 is 7.82 Å². The predicted octanol–water partition coefficient (Wildman–Crippen LogP) is 3.27. The summed E-state index contributed by atoms with van der Waals surface area (Å²) in [5.74, 6) is 0. The van der Waals surface area contributed by atoms with E-state index in [1.165, 1.54) is 44.9 Å².